The number of carbonyl (C=O) groups is 1. The first kappa shape index (κ1) is 16.2. The zero-order valence-electron chi connectivity index (χ0n) is 13.7. The van der Waals surface area contributed by atoms with Gasteiger partial charge in [-0.05, 0) is 50.1 Å². The number of hydrogen-bond acceptors (Lipinski definition) is 5. The van der Waals surface area contributed by atoms with E-state index >= 15 is 0 Å². The number of nitrogens with zero attached hydrogens (tertiary/aromatic N) is 2. The Labute approximate surface area is 141 Å². The van der Waals surface area contributed by atoms with E-state index < -0.39 is 0 Å². The van der Waals surface area contributed by atoms with Crippen molar-refractivity contribution in [3.05, 3.63) is 36.4 Å². The SMILES string of the molecule is CCOc1ccc(-c2ccc(OCCNC(=O)C3CC3)nn2)cc1. The zero-order valence-corrected chi connectivity index (χ0v) is 13.7. The predicted octanol–water partition coefficient (Wildman–Crippen LogP) is 2.45. The van der Waals surface area contributed by atoms with Gasteiger partial charge in [-0.2, -0.15) is 0 Å². The summed E-state index contributed by atoms with van der Waals surface area (Å²) < 4.78 is 10.9. The molecule has 0 atom stereocenters. The van der Waals surface area contributed by atoms with Gasteiger partial charge in [0.15, 0.2) is 0 Å². The number of aromatic nitrogens is 2. The van der Waals surface area contributed by atoms with Crippen LogP contribution in [0.3, 0.4) is 0 Å². The van der Waals surface area contributed by atoms with E-state index in [0.29, 0.717) is 25.6 Å². The molecule has 3 rings (SSSR count). The van der Waals surface area contributed by atoms with Gasteiger partial charge < -0.3 is 14.8 Å². The van der Waals surface area contributed by atoms with Crippen molar-refractivity contribution < 1.29 is 14.3 Å². The number of hydrogen-bond donors (Lipinski definition) is 1. The smallest absolute Gasteiger partial charge is 0.233 e. The molecule has 1 fully saturated rings. The third-order valence-corrected chi connectivity index (χ3v) is 3.70. The third kappa shape index (κ3) is 4.44. The zero-order chi connectivity index (χ0) is 16.8. The van der Waals surface area contributed by atoms with E-state index in [-0.39, 0.29) is 11.8 Å². The normalized spacial score (nSPS) is 13.4. The van der Waals surface area contributed by atoms with Gasteiger partial charge in [-0.15, -0.1) is 10.2 Å². The van der Waals surface area contributed by atoms with Crippen LogP contribution in [0.2, 0.25) is 0 Å². The Balaban J connectivity index is 1.48. The van der Waals surface area contributed by atoms with E-state index in [9.17, 15) is 4.79 Å². The Morgan fingerprint density at radius 2 is 1.92 bits per heavy atom. The van der Waals surface area contributed by atoms with Crippen LogP contribution < -0.4 is 14.8 Å². The lowest BCUT2D eigenvalue weighted by molar-refractivity contribution is -0.122. The molecule has 0 saturated heterocycles. The summed E-state index contributed by atoms with van der Waals surface area (Å²) in [4.78, 5) is 11.5. The molecule has 6 heteroatoms. The molecule has 6 nitrogen and oxygen atoms in total. The molecule has 0 bridgehead atoms. The summed E-state index contributed by atoms with van der Waals surface area (Å²) in [7, 11) is 0. The second-order valence-electron chi connectivity index (χ2n) is 5.63. The quantitative estimate of drug-likeness (QED) is 0.754. The van der Waals surface area contributed by atoms with Crippen molar-refractivity contribution in [3.8, 4) is 22.9 Å². The predicted molar refractivity (Wildman–Crippen MR) is 89.9 cm³/mol. The number of ether oxygens (including phenoxy) is 2. The van der Waals surface area contributed by atoms with Gasteiger partial charge >= 0.3 is 0 Å². The van der Waals surface area contributed by atoms with Crippen molar-refractivity contribution in [2.24, 2.45) is 5.92 Å². The minimum absolute atomic E-state index is 0.121. The van der Waals surface area contributed by atoms with E-state index in [4.69, 9.17) is 9.47 Å². The summed E-state index contributed by atoms with van der Waals surface area (Å²) in [5.74, 6) is 1.63. The highest BCUT2D eigenvalue weighted by atomic mass is 16.5. The van der Waals surface area contributed by atoms with Crippen LogP contribution in [0.4, 0.5) is 0 Å². The molecule has 0 spiro atoms. The van der Waals surface area contributed by atoms with Gasteiger partial charge in [0.25, 0.3) is 0 Å². The van der Waals surface area contributed by atoms with Crippen molar-refractivity contribution in [1.29, 1.82) is 0 Å². The van der Waals surface area contributed by atoms with Crippen LogP contribution in [0.15, 0.2) is 36.4 Å². The molecule has 1 N–H and O–H groups in total. The van der Waals surface area contributed by atoms with Crippen LogP contribution >= 0.6 is 0 Å². The highest BCUT2D eigenvalue weighted by Gasteiger charge is 2.28. The van der Waals surface area contributed by atoms with Gasteiger partial charge in [0.05, 0.1) is 18.8 Å². The minimum Gasteiger partial charge on any atom is -0.494 e. The van der Waals surface area contributed by atoms with Gasteiger partial charge in [0, 0.05) is 17.5 Å². The van der Waals surface area contributed by atoms with E-state index in [2.05, 4.69) is 15.5 Å². The molecule has 24 heavy (non-hydrogen) atoms. The monoisotopic (exact) mass is 327 g/mol. The summed E-state index contributed by atoms with van der Waals surface area (Å²) >= 11 is 0. The standard InChI is InChI=1S/C18H21N3O3/c1-2-23-15-7-5-13(6-8-15)16-9-10-17(21-20-16)24-12-11-19-18(22)14-3-4-14/h5-10,14H,2-4,11-12H2,1H3,(H,19,22). The number of carbonyl (C=O) groups excluding carboxylic acids is 1. The Morgan fingerprint density at radius 3 is 2.54 bits per heavy atom. The fraction of sp³-hybridized carbons (Fsp3) is 0.389. The molecular formula is C18H21N3O3. The molecule has 126 valence electrons. The fourth-order valence-corrected chi connectivity index (χ4v) is 2.26. The second-order valence-corrected chi connectivity index (χ2v) is 5.63. The average molecular weight is 327 g/mol. The molecule has 1 aromatic carbocycles. The highest BCUT2D eigenvalue weighted by molar-refractivity contribution is 5.80. The topological polar surface area (TPSA) is 73.3 Å². The minimum atomic E-state index is 0.121. The van der Waals surface area contributed by atoms with E-state index in [1.807, 2.05) is 37.3 Å². The molecule has 0 unspecified atom stereocenters. The van der Waals surface area contributed by atoms with Crippen molar-refractivity contribution >= 4 is 5.91 Å². The van der Waals surface area contributed by atoms with Crippen LogP contribution in [0.1, 0.15) is 19.8 Å². The van der Waals surface area contributed by atoms with Crippen molar-refractivity contribution in [2.45, 2.75) is 19.8 Å². The van der Waals surface area contributed by atoms with Crippen molar-refractivity contribution in [2.75, 3.05) is 19.8 Å². The van der Waals surface area contributed by atoms with Crippen molar-refractivity contribution in [3.63, 3.8) is 0 Å². The Morgan fingerprint density at radius 1 is 1.12 bits per heavy atom. The summed E-state index contributed by atoms with van der Waals surface area (Å²) in [5.41, 5.74) is 1.74. The molecule has 1 saturated carbocycles. The van der Waals surface area contributed by atoms with Gasteiger partial charge in [-0.25, -0.2) is 0 Å². The van der Waals surface area contributed by atoms with E-state index in [1.54, 1.807) is 6.07 Å². The molecular weight excluding hydrogens is 306 g/mol. The first-order valence-corrected chi connectivity index (χ1v) is 8.23. The summed E-state index contributed by atoms with van der Waals surface area (Å²) in [5, 5.41) is 11.1. The lowest BCUT2D eigenvalue weighted by atomic mass is 10.1. The maximum Gasteiger partial charge on any atom is 0.233 e. The Bertz CT molecular complexity index is 667. The number of nitrogens with one attached hydrogen (secondary N) is 1. The maximum atomic E-state index is 11.5. The van der Waals surface area contributed by atoms with E-state index in [1.165, 1.54) is 0 Å². The van der Waals surface area contributed by atoms with Gasteiger partial charge in [0.2, 0.25) is 11.8 Å². The first-order valence-electron chi connectivity index (χ1n) is 8.23. The summed E-state index contributed by atoms with van der Waals surface area (Å²) in [6.07, 6.45) is 2.01. The maximum absolute atomic E-state index is 11.5. The van der Waals surface area contributed by atoms with Crippen LogP contribution in [0, 0.1) is 5.92 Å². The molecule has 1 aliphatic carbocycles. The molecule has 0 radical (unpaired) electrons. The number of amides is 1. The van der Waals surface area contributed by atoms with Crippen LogP contribution in [-0.4, -0.2) is 35.9 Å². The fourth-order valence-electron chi connectivity index (χ4n) is 2.26. The summed E-state index contributed by atoms with van der Waals surface area (Å²) in [6.45, 7) is 3.47. The lowest BCUT2D eigenvalue weighted by Crippen LogP contribution is -2.29. The van der Waals surface area contributed by atoms with Gasteiger partial charge in [0.1, 0.15) is 12.4 Å². The van der Waals surface area contributed by atoms with Crippen LogP contribution in [-0.2, 0) is 4.79 Å². The molecule has 1 amide bonds. The number of rotatable bonds is 8. The first-order chi connectivity index (χ1) is 11.8. The number of benzene rings is 1. The molecule has 1 aliphatic rings. The van der Waals surface area contributed by atoms with Gasteiger partial charge in [-0.3, -0.25) is 4.79 Å². The Hall–Kier alpha value is -2.63. The van der Waals surface area contributed by atoms with E-state index in [0.717, 1.165) is 29.8 Å². The average Bonchev–Trinajstić information content (AvgIpc) is 3.45. The molecule has 2 aromatic rings. The van der Waals surface area contributed by atoms with Gasteiger partial charge in [-0.1, -0.05) is 0 Å². The van der Waals surface area contributed by atoms with Crippen molar-refractivity contribution in [1.82, 2.24) is 15.5 Å². The van der Waals surface area contributed by atoms with Crippen LogP contribution in [0.5, 0.6) is 11.6 Å². The molecule has 1 heterocycles. The lowest BCUT2D eigenvalue weighted by Gasteiger charge is -2.07. The Kier molecular flexibility index (Phi) is 5.25. The third-order valence-electron chi connectivity index (χ3n) is 3.70. The molecule has 0 aliphatic heterocycles. The highest BCUT2D eigenvalue weighted by Crippen LogP contribution is 2.28. The van der Waals surface area contributed by atoms with Crippen LogP contribution in [0.25, 0.3) is 11.3 Å². The summed E-state index contributed by atoms with van der Waals surface area (Å²) in [6, 6.07) is 11.4. The molecule has 1 aromatic heterocycles. The largest absolute Gasteiger partial charge is 0.494 e. The second kappa shape index (κ2) is 7.77.